The van der Waals surface area contributed by atoms with E-state index in [4.69, 9.17) is 33.0 Å². The van der Waals surface area contributed by atoms with E-state index in [2.05, 4.69) is 4.37 Å². The minimum atomic E-state index is -4.64. The van der Waals surface area contributed by atoms with Gasteiger partial charge in [-0.1, -0.05) is 29.3 Å². The summed E-state index contributed by atoms with van der Waals surface area (Å²) in [5.41, 5.74) is 0.0145. The second-order valence-electron chi connectivity index (χ2n) is 6.39. The minimum absolute atomic E-state index is 0.0125. The number of aromatic nitrogens is 1. The number of halogens is 6. The Morgan fingerprint density at radius 3 is 2.42 bits per heavy atom. The van der Waals surface area contributed by atoms with Gasteiger partial charge in [-0.15, -0.1) is 0 Å². The summed E-state index contributed by atoms with van der Waals surface area (Å²) in [7, 11) is 0. The number of carboxylic acid groups (broad SMARTS) is 1. The van der Waals surface area contributed by atoms with Crippen LogP contribution < -0.4 is 27.3 Å². The Bertz CT molecular complexity index is 1100. The van der Waals surface area contributed by atoms with Gasteiger partial charge in [0, 0.05) is 12.0 Å². The number of hydrogen-bond donors (Lipinski definition) is 1. The average Bonchev–Trinajstić information content (AvgIpc) is 3.13. The number of carboxylic acids is 1. The number of ether oxygens (including phenoxy) is 1. The molecule has 0 aliphatic rings. The lowest BCUT2D eigenvalue weighted by Crippen LogP contribution is -3.34. The lowest BCUT2D eigenvalue weighted by Gasteiger charge is -2.13. The van der Waals surface area contributed by atoms with Crippen LogP contribution in [0.5, 0.6) is 5.75 Å². The van der Waals surface area contributed by atoms with E-state index in [1.165, 1.54) is 6.07 Å². The molecule has 164 valence electrons. The molecular formula is C20H14Cl2F3INO3S+. The van der Waals surface area contributed by atoms with E-state index in [0.29, 0.717) is 16.0 Å². The zero-order valence-electron chi connectivity index (χ0n) is 15.5. The summed E-state index contributed by atoms with van der Waals surface area (Å²) in [5, 5.41) is 8.93. The van der Waals surface area contributed by atoms with Gasteiger partial charge in [0.1, 0.15) is 17.4 Å². The van der Waals surface area contributed by atoms with Gasteiger partial charge in [-0.2, -0.15) is 17.5 Å². The number of aliphatic carboxylic acids is 1. The molecule has 0 fully saturated rings. The Balaban J connectivity index is 1.90. The summed E-state index contributed by atoms with van der Waals surface area (Å²) in [4.78, 5) is 11.1. The number of alkyl halides is 3. The van der Waals surface area contributed by atoms with E-state index < -0.39 is 24.4 Å². The van der Waals surface area contributed by atoms with Crippen LogP contribution in [-0.2, 0) is 24.0 Å². The number of benzene rings is 2. The third-order valence-corrected chi connectivity index (χ3v) is 6.90. The van der Waals surface area contributed by atoms with Gasteiger partial charge >= 0.3 is 12.1 Å². The number of rotatable bonds is 7. The zero-order valence-corrected chi connectivity index (χ0v) is 20.2. The number of aryl methyl sites for hydroxylation is 1. The molecule has 3 aromatic rings. The van der Waals surface area contributed by atoms with Crippen molar-refractivity contribution in [2.24, 2.45) is 0 Å². The Morgan fingerprint density at radius 1 is 1.13 bits per heavy atom. The minimum Gasteiger partial charge on any atom is -0.487 e. The van der Waals surface area contributed by atoms with Gasteiger partial charge in [-0.05, 0) is 59.4 Å². The SMILES string of the molecule is O=C(O)CCc1ccc(OCc2c(C(F)(F)F)nsc2-c2ccc([IH+])cc2)c(Cl)c1Cl. The normalized spacial score (nSPS) is 11.5. The molecule has 0 saturated carbocycles. The molecule has 0 atom stereocenters. The maximum absolute atomic E-state index is 13.5. The Hall–Kier alpha value is -1.56. The Kier molecular flexibility index (Phi) is 7.72. The maximum atomic E-state index is 13.5. The van der Waals surface area contributed by atoms with Crippen LogP contribution in [0.25, 0.3) is 10.4 Å². The van der Waals surface area contributed by atoms with Crippen molar-refractivity contribution < 1.29 is 50.4 Å². The molecule has 0 spiro atoms. The highest BCUT2D eigenvalue weighted by molar-refractivity contribution is 7.09. The molecule has 1 heterocycles. The predicted octanol–water partition coefficient (Wildman–Crippen LogP) is 3.19. The molecule has 0 bridgehead atoms. The Morgan fingerprint density at radius 2 is 1.81 bits per heavy atom. The van der Waals surface area contributed by atoms with Crippen molar-refractivity contribution in [2.45, 2.75) is 25.6 Å². The van der Waals surface area contributed by atoms with Gasteiger partial charge in [0.05, 0.1) is 9.90 Å². The molecule has 0 unspecified atom stereocenters. The summed E-state index contributed by atoms with van der Waals surface area (Å²) in [5.74, 6) is -0.888. The van der Waals surface area contributed by atoms with Gasteiger partial charge in [-0.25, -0.2) is 0 Å². The molecule has 0 amide bonds. The lowest BCUT2D eigenvalue weighted by atomic mass is 10.1. The fraction of sp³-hybridized carbons (Fsp3) is 0.200. The molecule has 0 radical (unpaired) electrons. The largest absolute Gasteiger partial charge is 0.487 e. The van der Waals surface area contributed by atoms with Crippen molar-refractivity contribution >= 4 is 40.7 Å². The summed E-state index contributed by atoms with van der Waals surface area (Å²) in [6.07, 6.45) is -4.61. The third kappa shape index (κ3) is 5.82. The van der Waals surface area contributed by atoms with E-state index in [-0.39, 0.29) is 34.2 Å². The van der Waals surface area contributed by atoms with Crippen LogP contribution in [0.15, 0.2) is 36.4 Å². The second kappa shape index (κ2) is 9.93. The first-order valence-corrected chi connectivity index (χ1v) is 11.4. The molecule has 3 rings (SSSR count). The third-order valence-electron chi connectivity index (χ3n) is 4.28. The molecule has 11 heteroatoms. The molecule has 2 aromatic carbocycles. The van der Waals surface area contributed by atoms with Gasteiger partial charge < -0.3 is 9.84 Å². The summed E-state index contributed by atoms with van der Waals surface area (Å²) >= 11 is 15.0. The fourth-order valence-corrected chi connectivity index (χ4v) is 4.55. The average molecular weight is 603 g/mol. The van der Waals surface area contributed by atoms with Crippen molar-refractivity contribution in [1.29, 1.82) is 0 Å². The molecule has 1 aromatic heterocycles. The van der Waals surface area contributed by atoms with Crippen LogP contribution in [0, 0.1) is 3.57 Å². The topological polar surface area (TPSA) is 59.4 Å². The first kappa shape index (κ1) is 24.1. The smallest absolute Gasteiger partial charge is 0.434 e. The molecule has 4 nitrogen and oxygen atoms in total. The first-order valence-electron chi connectivity index (χ1n) is 8.72. The molecular weight excluding hydrogens is 589 g/mol. The van der Waals surface area contributed by atoms with Crippen molar-refractivity contribution in [2.75, 3.05) is 0 Å². The summed E-state index contributed by atoms with van der Waals surface area (Å²) in [6.45, 7) is -0.417. The van der Waals surface area contributed by atoms with Crippen molar-refractivity contribution in [3.63, 3.8) is 0 Å². The van der Waals surface area contributed by atoms with Crippen molar-refractivity contribution in [3.05, 3.63) is 66.8 Å². The number of nitrogens with zero attached hydrogens (tertiary/aromatic N) is 1. The predicted molar refractivity (Wildman–Crippen MR) is 109 cm³/mol. The van der Waals surface area contributed by atoms with Crippen LogP contribution >= 0.6 is 34.7 Å². The zero-order chi connectivity index (χ0) is 22.8. The second-order valence-corrected chi connectivity index (χ2v) is 9.27. The van der Waals surface area contributed by atoms with Crippen LogP contribution in [0.2, 0.25) is 10.0 Å². The summed E-state index contributed by atoms with van der Waals surface area (Å²) in [6, 6.07) is 10.1. The van der Waals surface area contributed by atoms with E-state index in [0.717, 1.165) is 15.1 Å². The lowest BCUT2D eigenvalue weighted by molar-refractivity contribution is -0.328. The van der Waals surface area contributed by atoms with E-state index >= 15 is 0 Å². The number of carbonyl (C=O) groups is 1. The molecule has 31 heavy (non-hydrogen) atoms. The van der Waals surface area contributed by atoms with E-state index in [9.17, 15) is 18.0 Å². The van der Waals surface area contributed by atoms with Gasteiger partial charge in [0.25, 0.3) is 22.6 Å². The monoisotopic (exact) mass is 602 g/mol. The maximum Gasteiger partial charge on any atom is 0.434 e. The van der Waals surface area contributed by atoms with Crippen LogP contribution in [0.4, 0.5) is 13.2 Å². The highest BCUT2D eigenvalue weighted by atomic mass is 127. The standard InChI is InChI=1S/C20H13Cl2F3INO3S/c21-16-10(4-8-15(28)29)3-7-14(17(16)22)30-9-13-18(11-1-5-12(26)6-2-11)31-27-19(13)20(23,24)25/h1-3,5-7,26H,4,8-9H2/p+1. The summed E-state index contributed by atoms with van der Waals surface area (Å²) < 4.78 is 50.7. The van der Waals surface area contributed by atoms with Gasteiger partial charge in [0.15, 0.2) is 9.26 Å². The van der Waals surface area contributed by atoms with Gasteiger partial charge in [0.2, 0.25) is 0 Å². The van der Waals surface area contributed by atoms with E-state index in [1.807, 2.05) is 12.1 Å². The fourth-order valence-electron chi connectivity index (χ4n) is 2.77. The molecule has 1 N–H and O–H groups in total. The Labute approximate surface area is 203 Å². The van der Waals surface area contributed by atoms with Crippen molar-refractivity contribution in [1.82, 2.24) is 4.37 Å². The molecule has 0 saturated heterocycles. The van der Waals surface area contributed by atoms with Crippen LogP contribution in [-0.4, -0.2) is 15.4 Å². The van der Waals surface area contributed by atoms with Crippen LogP contribution in [0.3, 0.4) is 0 Å². The highest BCUT2D eigenvalue weighted by Crippen LogP contribution is 2.41. The van der Waals surface area contributed by atoms with E-state index in [1.54, 1.807) is 40.8 Å². The van der Waals surface area contributed by atoms with Crippen LogP contribution in [0.1, 0.15) is 23.2 Å². The highest BCUT2D eigenvalue weighted by Gasteiger charge is 2.38. The number of hydrogen-bond acceptors (Lipinski definition) is 4. The molecule has 0 aliphatic carbocycles. The molecule has 0 aliphatic heterocycles. The van der Waals surface area contributed by atoms with Crippen molar-refractivity contribution in [3.8, 4) is 16.2 Å². The first-order chi connectivity index (χ1) is 14.6. The quantitative estimate of drug-likeness (QED) is 0.422. The van der Waals surface area contributed by atoms with Gasteiger partial charge in [-0.3, -0.25) is 4.79 Å².